The Kier molecular flexibility index (Phi) is 6.90. The van der Waals surface area contributed by atoms with Crippen molar-refractivity contribution in [2.45, 2.75) is 44.7 Å². The Bertz CT molecular complexity index is 779. The highest BCUT2D eigenvalue weighted by atomic mass is 35.5. The summed E-state index contributed by atoms with van der Waals surface area (Å²) in [6.07, 6.45) is 4.55. The summed E-state index contributed by atoms with van der Waals surface area (Å²) >= 11 is 0. The third-order valence-corrected chi connectivity index (χ3v) is 4.74. The van der Waals surface area contributed by atoms with Crippen LogP contribution in [0.15, 0.2) is 29.1 Å². The lowest BCUT2D eigenvalue weighted by molar-refractivity contribution is -0.122. The van der Waals surface area contributed by atoms with E-state index in [0.717, 1.165) is 19.3 Å². The maximum absolute atomic E-state index is 12.3. The number of nitrogens with two attached hydrogens (primary N) is 1. The molecule has 0 radical (unpaired) electrons. The molecule has 8 heteroatoms. The van der Waals surface area contributed by atoms with E-state index < -0.39 is 0 Å². The fraction of sp³-hybridized carbons (Fsp3) is 0.529. The molecule has 3 N–H and O–H groups in total. The molecule has 0 aliphatic heterocycles. The fourth-order valence-corrected chi connectivity index (χ4v) is 3.34. The van der Waals surface area contributed by atoms with Crippen molar-refractivity contribution >= 4 is 29.2 Å². The van der Waals surface area contributed by atoms with Crippen LogP contribution in [0, 0.1) is 5.92 Å². The molecule has 0 spiro atoms. The predicted molar refractivity (Wildman–Crippen MR) is 98.6 cm³/mol. The van der Waals surface area contributed by atoms with E-state index >= 15 is 0 Å². The molecule has 1 aliphatic carbocycles. The number of carbonyl (C=O) groups is 1. The van der Waals surface area contributed by atoms with Crippen molar-refractivity contribution in [1.82, 2.24) is 20.3 Å². The van der Waals surface area contributed by atoms with Gasteiger partial charge in [-0.05, 0) is 37.4 Å². The molecular weight excluding hydrogens is 342 g/mol. The van der Waals surface area contributed by atoms with Crippen LogP contribution in [0.3, 0.4) is 0 Å². The van der Waals surface area contributed by atoms with Crippen molar-refractivity contribution in [3.05, 3.63) is 34.6 Å². The molecule has 2 atom stereocenters. The summed E-state index contributed by atoms with van der Waals surface area (Å²) in [5.41, 5.74) is 6.14. The van der Waals surface area contributed by atoms with E-state index in [1.807, 2.05) is 6.07 Å². The summed E-state index contributed by atoms with van der Waals surface area (Å²) in [7, 11) is 0. The van der Waals surface area contributed by atoms with Crippen LogP contribution in [0.25, 0.3) is 10.9 Å². The summed E-state index contributed by atoms with van der Waals surface area (Å²) < 4.78 is 1.25. The van der Waals surface area contributed by atoms with Crippen LogP contribution in [0.5, 0.6) is 0 Å². The zero-order valence-electron chi connectivity index (χ0n) is 14.1. The van der Waals surface area contributed by atoms with Gasteiger partial charge < -0.3 is 11.1 Å². The summed E-state index contributed by atoms with van der Waals surface area (Å²) in [4.78, 5) is 24.5. The van der Waals surface area contributed by atoms with Gasteiger partial charge in [-0.15, -0.1) is 17.5 Å². The number of aryl methyl sites for hydroxylation is 1. The number of nitrogens with zero attached hydrogens (tertiary/aromatic N) is 3. The Morgan fingerprint density at radius 1 is 1.28 bits per heavy atom. The molecule has 25 heavy (non-hydrogen) atoms. The lowest BCUT2D eigenvalue weighted by atomic mass is 9.84. The third kappa shape index (κ3) is 4.55. The minimum absolute atomic E-state index is 0. The minimum Gasteiger partial charge on any atom is -0.353 e. The molecule has 3 rings (SSSR count). The third-order valence-electron chi connectivity index (χ3n) is 4.74. The number of amides is 1. The number of hydrogen-bond donors (Lipinski definition) is 2. The number of halogens is 1. The lowest BCUT2D eigenvalue weighted by Crippen LogP contribution is -2.45. The number of rotatable bonds is 5. The van der Waals surface area contributed by atoms with Gasteiger partial charge in [-0.3, -0.25) is 9.59 Å². The van der Waals surface area contributed by atoms with Crippen molar-refractivity contribution in [2.75, 3.05) is 6.54 Å². The monoisotopic (exact) mass is 365 g/mol. The molecule has 0 bridgehead atoms. The SMILES string of the molecule is Cl.NCC1CCCCC1NC(=O)CCn1nnc2ccccc2c1=O. The zero-order valence-corrected chi connectivity index (χ0v) is 14.9. The number of carbonyl (C=O) groups excluding carboxylic acids is 1. The van der Waals surface area contributed by atoms with Crippen LogP contribution >= 0.6 is 12.4 Å². The first-order valence-electron chi connectivity index (χ1n) is 8.51. The number of nitrogens with one attached hydrogen (secondary N) is 1. The first-order chi connectivity index (χ1) is 11.7. The smallest absolute Gasteiger partial charge is 0.277 e. The Labute approximate surface area is 152 Å². The molecule has 1 aromatic heterocycles. The standard InChI is InChI=1S/C17H23N5O2.ClH/c18-11-12-5-1-3-7-14(12)19-16(23)9-10-22-17(24)13-6-2-4-8-15(13)20-21-22;/h2,4,6,8,12,14H,1,3,5,7,9-11,18H2,(H,19,23);1H. The molecule has 2 unspecified atom stereocenters. The van der Waals surface area contributed by atoms with E-state index in [1.165, 1.54) is 11.1 Å². The molecule has 0 saturated heterocycles. The van der Waals surface area contributed by atoms with Gasteiger partial charge in [0.05, 0.1) is 11.9 Å². The van der Waals surface area contributed by atoms with Crippen molar-refractivity contribution in [2.24, 2.45) is 11.7 Å². The van der Waals surface area contributed by atoms with E-state index in [1.54, 1.807) is 18.2 Å². The predicted octanol–water partition coefficient (Wildman–Crippen LogP) is 1.24. The Balaban J connectivity index is 0.00000225. The molecular formula is C17H24ClN5O2. The van der Waals surface area contributed by atoms with Crippen LogP contribution in [-0.2, 0) is 11.3 Å². The summed E-state index contributed by atoms with van der Waals surface area (Å²) in [6.45, 7) is 0.822. The van der Waals surface area contributed by atoms with Crippen molar-refractivity contribution in [1.29, 1.82) is 0 Å². The molecule has 136 valence electrons. The van der Waals surface area contributed by atoms with Crippen LogP contribution in [0.1, 0.15) is 32.1 Å². The van der Waals surface area contributed by atoms with E-state index in [2.05, 4.69) is 15.6 Å². The maximum Gasteiger partial charge on any atom is 0.277 e. The highest BCUT2D eigenvalue weighted by Gasteiger charge is 2.25. The van der Waals surface area contributed by atoms with Gasteiger partial charge in [-0.25, -0.2) is 4.68 Å². The summed E-state index contributed by atoms with van der Waals surface area (Å²) in [5.74, 6) is 0.285. The molecule has 2 aromatic rings. The van der Waals surface area contributed by atoms with Gasteiger partial charge in [0, 0.05) is 12.5 Å². The Hall–Kier alpha value is -1.99. The molecule has 1 heterocycles. The molecule has 7 nitrogen and oxygen atoms in total. The first-order valence-corrected chi connectivity index (χ1v) is 8.51. The van der Waals surface area contributed by atoms with Gasteiger partial charge in [0.25, 0.3) is 5.56 Å². The molecule has 1 saturated carbocycles. The second kappa shape index (κ2) is 8.92. The van der Waals surface area contributed by atoms with E-state index in [9.17, 15) is 9.59 Å². The van der Waals surface area contributed by atoms with Gasteiger partial charge in [0.1, 0.15) is 5.52 Å². The van der Waals surface area contributed by atoms with E-state index in [4.69, 9.17) is 5.73 Å². The number of fused-ring (bicyclic) bond motifs is 1. The van der Waals surface area contributed by atoms with Gasteiger partial charge in [0.15, 0.2) is 0 Å². The second-order valence-corrected chi connectivity index (χ2v) is 6.34. The van der Waals surface area contributed by atoms with Crippen molar-refractivity contribution in [3.8, 4) is 0 Å². The number of hydrogen-bond acceptors (Lipinski definition) is 5. The van der Waals surface area contributed by atoms with Gasteiger partial charge in [-0.2, -0.15) is 0 Å². The summed E-state index contributed by atoms with van der Waals surface area (Å²) in [6, 6.07) is 7.22. The lowest BCUT2D eigenvalue weighted by Gasteiger charge is -2.31. The first kappa shape index (κ1) is 19.3. The van der Waals surface area contributed by atoms with E-state index in [0.29, 0.717) is 23.4 Å². The number of aromatic nitrogens is 3. The normalized spacial score (nSPS) is 20.0. The van der Waals surface area contributed by atoms with Crippen LogP contribution in [-0.4, -0.2) is 33.5 Å². The van der Waals surface area contributed by atoms with Gasteiger partial charge >= 0.3 is 0 Å². The molecule has 1 aromatic carbocycles. The quantitative estimate of drug-likeness (QED) is 0.829. The molecule has 1 aliphatic rings. The van der Waals surface area contributed by atoms with Crippen molar-refractivity contribution in [3.63, 3.8) is 0 Å². The second-order valence-electron chi connectivity index (χ2n) is 6.34. The minimum atomic E-state index is -0.217. The Morgan fingerprint density at radius 2 is 2.04 bits per heavy atom. The highest BCUT2D eigenvalue weighted by molar-refractivity contribution is 5.85. The van der Waals surface area contributed by atoms with Gasteiger partial charge in [-0.1, -0.05) is 30.2 Å². The zero-order chi connectivity index (χ0) is 16.9. The average molecular weight is 366 g/mol. The van der Waals surface area contributed by atoms with Gasteiger partial charge in [0.2, 0.25) is 5.91 Å². The maximum atomic E-state index is 12.3. The average Bonchev–Trinajstić information content (AvgIpc) is 2.62. The van der Waals surface area contributed by atoms with Crippen LogP contribution < -0.4 is 16.6 Å². The molecule has 1 fully saturated rings. The Morgan fingerprint density at radius 3 is 2.84 bits per heavy atom. The molecule has 1 amide bonds. The van der Waals surface area contributed by atoms with E-state index in [-0.39, 0.29) is 42.9 Å². The van der Waals surface area contributed by atoms with Crippen LogP contribution in [0.4, 0.5) is 0 Å². The summed E-state index contributed by atoms with van der Waals surface area (Å²) in [5, 5.41) is 11.5. The van der Waals surface area contributed by atoms with Crippen molar-refractivity contribution < 1.29 is 4.79 Å². The fourth-order valence-electron chi connectivity index (χ4n) is 3.34. The largest absolute Gasteiger partial charge is 0.353 e. The topological polar surface area (TPSA) is 103 Å². The van der Waals surface area contributed by atoms with Crippen LogP contribution in [0.2, 0.25) is 0 Å². The highest BCUT2D eigenvalue weighted by Crippen LogP contribution is 2.23. The number of benzene rings is 1.